The molecule has 2 aromatic carbocycles. The predicted octanol–water partition coefficient (Wildman–Crippen LogP) is 3.33. The first-order valence-corrected chi connectivity index (χ1v) is 9.26. The number of nitro groups is 1. The summed E-state index contributed by atoms with van der Waals surface area (Å²) in [6, 6.07) is 10.2. The molecular weight excluding hydrogens is 398 g/mol. The summed E-state index contributed by atoms with van der Waals surface area (Å²) < 4.78 is 5.10. The largest absolute Gasteiger partial charge is 0.497 e. The second kappa shape index (κ2) is 9.88. The van der Waals surface area contributed by atoms with Crippen molar-refractivity contribution in [2.75, 3.05) is 7.11 Å². The van der Waals surface area contributed by atoms with E-state index in [4.69, 9.17) is 16.3 Å². The van der Waals surface area contributed by atoms with Crippen LogP contribution in [-0.2, 0) is 11.3 Å². The Bertz CT molecular complexity index is 899. The molecule has 0 spiro atoms. The molecule has 9 heteroatoms. The summed E-state index contributed by atoms with van der Waals surface area (Å²) in [5.74, 6) is -0.433. The lowest BCUT2D eigenvalue weighted by Crippen LogP contribution is -2.49. The fourth-order valence-electron chi connectivity index (χ4n) is 2.60. The van der Waals surface area contributed by atoms with Gasteiger partial charge in [-0.2, -0.15) is 0 Å². The minimum Gasteiger partial charge on any atom is -0.497 e. The lowest BCUT2D eigenvalue weighted by Gasteiger charge is -2.22. The number of amides is 2. The molecule has 29 heavy (non-hydrogen) atoms. The van der Waals surface area contributed by atoms with Gasteiger partial charge in [0.25, 0.3) is 11.6 Å². The van der Waals surface area contributed by atoms with E-state index in [9.17, 15) is 19.7 Å². The molecule has 154 valence electrons. The standard InChI is InChI=1S/C20H22ClN3O5/c1-12(2)18(20(26)22-11-13-4-7-15(29-3)8-5-13)23-19(25)14-6-9-16(21)17(10-14)24(27)28/h4-10,12,18H,11H2,1-3H3,(H,22,26)(H,23,25). The first kappa shape index (κ1) is 22.2. The highest BCUT2D eigenvalue weighted by Gasteiger charge is 2.25. The second-order valence-electron chi connectivity index (χ2n) is 6.68. The first-order chi connectivity index (χ1) is 13.7. The van der Waals surface area contributed by atoms with Gasteiger partial charge in [0, 0.05) is 18.2 Å². The number of methoxy groups -OCH3 is 1. The number of nitrogens with zero attached hydrogens (tertiary/aromatic N) is 1. The van der Waals surface area contributed by atoms with Crippen LogP contribution in [0.4, 0.5) is 5.69 Å². The molecule has 0 aromatic heterocycles. The minimum atomic E-state index is -0.810. The Hall–Kier alpha value is -3.13. The van der Waals surface area contributed by atoms with Gasteiger partial charge in [0.2, 0.25) is 5.91 Å². The summed E-state index contributed by atoms with van der Waals surface area (Å²) in [7, 11) is 1.57. The summed E-state index contributed by atoms with van der Waals surface area (Å²) in [4.78, 5) is 35.5. The quantitative estimate of drug-likeness (QED) is 0.503. The average Bonchev–Trinajstić information content (AvgIpc) is 2.70. The van der Waals surface area contributed by atoms with Crippen molar-refractivity contribution in [3.63, 3.8) is 0 Å². The number of hydrogen-bond donors (Lipinski definition) is 2. The van der Waals surface area contributed by atoms with Gasteiger partial charge < -0.3 is 15.4 Å². The summed E-state index contributed by atoms with van der Waals surface area (Å²) in [5.41, 5.74) is 0.556. The first-order valence-electron chi connectivity index (χ1n) is 8.88. The summed E-state index contributed by atoms with van der Waals surface area (Å²) >= 11 is 5.78. The highest BCUT2D eigenvalue weighted by Crippen LogP contribution is 2.25. The van der Waals surface area contributed by atoms with E-state index in [2.05, 4.69) is 10.6 Å². The van der Waals surface area contributed by atoms with Gasteiger partial charge in [0.05, 0.1) is 12.0 Å². The van der Waals surface area contributed by atoms with Crippen LogP contribution < -0.4 is 15.4 Å². The van der Waals surface area contributed by atoms with Crippen LogP contribution in [-0.4, -0.2) is 29.9 Å². The number of ether oxygens (including phenoxy) is 1. The molecule has 0 fully saturated rings. The van der Waals surface area contributed by atoms with E-state index >= 15 is 0 Å². The summed E-state index contributed by atoms with van der Waals surface area (Å²) in [6.07, 6.45) is 0. The Kier molecular flexibility index (Phi) is 7.55. The summed E-state index contributed by atoms with van der Waals surface area (Å²) in [5, 5.41) is 16.4. The molecule has 2 N–H and O–H groups in total. The van der Waals surface area contributed by atoms with Crippen molar-refractivity contribution in [3.8, 4) is 5.75 Å². The number of nitro benzene ring substituents is 1. The Morgan fingerprint density at radius 3 is 2.38 bits per heavy atom. The zero-order valence-electron chi connectivity index (χ0n) is 16.3. The van der Waals surface area contributed by atoms with Crippen LogP contribution >= 0.6 is 11.6 Å². The molecule has 2 rings (SSSR count). The maximum Gasteiger partial charge on any atom is 0.288 e. The molecule has 0 bridgehead atoms. The molecule has 2 aromatic rings. The van der Waals surface area contributed by atoms with Gasteiger partial charge in [-0.15, -0.1) is 0 Å². The number of rotatable bonds is 8. The van der Waals surface area contributed by atoms with Crippen LogP contribution in [0.15, 0.2) is 42.5 Å². The SMILES string of the molecule is COc1ccc(CNC(=O)C(NC(=O)c2ccc(Cl)c([N+](=O)[O-])c2)C(C)C)cc1. The molecule has 8 nitrogen and oxygen atoms in total. The van der Waals surface area contributed by atoms with Crippen molar-refractivity contribution >= 4 is 29.1 Å². The molecule has 0 saturated heterocycles. The number of nitrogens with one attached hydrogen (secondary N) is 2. The van der Waals surface area contributed by atoms with E-state index in [0.717, 1.165) is 11.6 Å². The fourth-order valence-corrected chi connectivity index (χ4v) is 2.78. The number of benzene rings is 2. The highest BCUT2D eigenvalue weighted by atomic mass is 35.5. The molecule has 0 radical (unpaired) electrons. The normalized spacial score (nSPS) is 11.6. The van der Waals surface area contributed by atoms with Crippen molar-refractivity contribution < 1.29 is 19.2 Å². The van der Waals surface area contributed by atoms with Crippen molar-refractivity contribution in [3.05, 3.63) is 68.7 Å². The van der Waals surface area contributed by atoms with Crippen LogP contribution in [0.25, 0.3) is 0 Å². The Morgan fingerprint density at radius 1 is 1.17 bits per heavy atom. The monoisotopic (exact) mass is 419 g/mol. The Labute approximate surface area is 173 Å². The van der Waals surface area contributed by atoms with Crippen molar-refractivity contribution in [1.29, 1.82) is 0 Å². The second-order valence-corrected chi connectivity index (χ2v) is 7.09. The van der Waals surface area contributed by atoms with Gasteiger partial charge in [-0.25, -0.2) is 0 Å². The molecule has 1 atom stereocenters. The van der Waals surface area contributed by atoms with Crippen LogP contribution in [0.1, 0.15) is 29.8 Å². The maximum atomic E-state index is 12.6. The Morgan fingerprint density at radius 2 is 1.83 bits per heavy atom. The third-order valence-electron chi connectivity index (χ3n) is 4.27. The molecule has 2 amide bonds. The number of carbonyl (C=O) groups excluding carboxylic acids is 2. The topological polar surface area (TPSA) is 111 Å². The van der Waals surface area contributed by atoms with Crippen LogP contribution in [0.5, 0.6) is 5.75 Å². The van der Waals surface area contributed by atoms with Crippen molar-refractivity contribution in [2.24, 2.45) is 5.92 Å². The van der Waals surface area contributed by atoms with E-state index in [1.807, 2.05) is 12.1 Å². The van der Waals surface area contributed by atoms with E-state index in [1.54, 1.807) is 33.1 Å². The van der Waals surface area contributed by atoms with Crippen molar-refractivity contribution in [1.82, 2.24) is 10.6 Å². The smallest absolute Gasteiger partial charge is 0.288 e. The van der Waals surface area contributed by atoms with Gasteiger partial charge in [0.1, 0.15) is 16.8 Å². The fraction of sp³-hybridized carbons (Fsp3) is 0.300. The van der Waals surface area contributed by atoms with Crippen LogP contribution in [0.3, 0.4) is 0 Å². The Balaban J connectivity index is 2.06. The number of carbonyl (C=O) groups is 2. The van der Waals surface area contributed by atoms with Crippen molar-refractivity contribution in [2.45, 2.75) is 26.4 Å². The van der Waals surface area contributed by atoms with Gasteiger partial charge in [-0.05, 0) is 35.7 Å². The van der Waals surface area contributed by atoms with E-state index < -0.39 is 16.9 Å². The van der Waals surface area contributed by atoms with Crippen LogP contribution in [0, 0.1) is 16.0 Å². The maximum absolute atomic E-state index is 12.6. The van der Waals surface area contributed by atoms with Crippen LogP contribution in [0.2, 0.25) is 5.02 Å². The van der Waals surface area contributed by atoms with Gasteiger partial charge in [-0.1, -0.05) is 37.6 Å². The third kappa shape index (κ3) is 5.92. The lowest BCUT2D eigenvalue weighted by molar-refractivity contribution is -0.384. The molecule has 0 saturated carbocycles. The van der Waals surface area contributed by atoms with Gasteiger partial charge in [-0.3, -0.25) is 19.7 Å². The van der Waals surface area contributed by atoms with E-state index in [1.165, 1.54) is 12.1 Å². The summed E-state index contributed by atoms with van der Waals surface area (Å²) in [6.45, 7) is 3.87. The predicted molar refractivity (Wildman–Crippen MR) is 109 cm³/mol. The van der Waals surface area contributed by atoms with E-state index in [-0.39, 0.29) is 34.6 Å². The van der Waals surface area contributed by atoms with Gasteiger partial charge >= 0.3 is 0 Å². The zero-order chi connectivity index (χ0) is 21.6. The average molecular weight is 420 g/mol. The molecule has 0 aliphatic heterocycles. The van der Waals surface area contributed by atoms with Gasteiger partial charge in [0.15, 0.2) is 0 Å². The molecule has 0 aliphatic rings. The lowest BCUT2D eigenvalue weighted by atomic mass is 10.0. The molecular formula is C20H22ClN3O5. The van der Waals surface area contributed by atoms with E-state index in [0.29, 0.717) is 5.75 Å². The third-order valence-corrected chi connectivity index (χ3v) is 4.59. The zero-order valence-corrected chi connectivity index (χ0v) is 17.0. The molecule has 1 unspecified atom stereocenters. The number of hydrogen-bond acceptors (Lipinski definition) is 5. The minimum absolute atomic E-state index is 0.0507. The molecule has 0 heterocycles. The molecule has 0 aliphatic carbocycles. The highest BCUT2D eigenvalue weighted by molar-refractivity contribution is 6.32. The number of halogens is 1.